The van der Waals surface area contributed by atoms with Gasteiger partial charge in [0, 0.05) is 38.3 Å². The summed E-state index contributed by atoms with van der Waals surface area (Å²) in [5.74, 6) is -0.00781. The first-order valence-corrected chi connectivity index (χ1v) is 13.7. The Morgan fingerprint density at radius 2 is 1.73 bits per heavy atom. The molecular weight excluding hydrogens is 458 g/mol. The standard InChI is InChI=1S/C24H27N3O4S2/c28-23(26-15-11-18-7-3-4-8-20(18)26)12-16-27-21-10-9-19(17-22(21)32-24(27)29)33(30,31)25-13-5-1-2-6-14-25/h3-4,7-10,17H,1-2,5-6,11-16H2. The fraction of sp³-hybridized carbons (Fsp3) is 0.417. The molecule has 2 aromatic carbocycles. The van der Waals surface area contributed by atoms with Gasteiger partial charge in [0.2, 0.25) is 15.9 Å². The van der Waals surface area contributed by atoms with Gasteiger partial charge in [-0.15, -0.1) is 0 Å². The smallest absolute Gasteiger partial charge is 0.308 e. The molecule has 7 nitrogen and oxygen atoms in total. The lowest BCUT2D eigenvalue weighted by molar-refractivity contribution is -0.118. The quantitative estimate of drug-likeness (QED) is 0.553. The van der Waals surface area contributed by atoms with Crippen molar-refractivity contribution in [3.63, 3.8) is 0 Å². The molecule has 0 atom stereocenters. The van der Waals surface area contributed by atoms with Crippen LogP contribution in [0.3, 0.4) is 0 Å². The number of anilines is 1. The first-order valence-electron chi connectivity index (χ1n) is 11.5. The Hall–Kier alpha value is -2.49. The van der Waals surface area contributed by atoms with Crippen molar-refractivity contribution >= 4 is 43.2 Å². The van der Waals surface area contributed by atoms with Crippen molar-refractivity contribution in [2.24, 2.45) is 0 Å². The van der Waals surface area contributed by atoms with E-state index < -0.39 is 10.0 Å². The van der Waals surface area contributed by atoms with Crippen LogP contribution in [0.1, 0.15) is 37.7 Å². The van der Waals surface area contributed by atoms with Crippen LogP contribution >= 0.6 is 11.3 Å². The Morgan fingerprint density at radius 3 is 2.52 bits per heavy atom. The minimum atomic E-state index is -3.58. The van der Waals surface area contributed by atoms with Gasteiger partial charge in [0.25, 0.3) is 0 Å². The fourth-order valence-electron chi connectivity index (χ4n) is 4.79. The maximum absolute atomic E-state index is 13.1. The van der Waals surface area contributed by atoms with Gasteiger partial charge in [-0.3, -0.25) is 14.2 Å². The van der Waals surface area contributed by atoms with Gasteiger partial charge in [0.15, 0.2) is 0 Å². The summed E-state index contributed by atoms with van der Waals surface area (Å²) in [6.07, 6.45) is 4.92. The molecule has 0 N–H and O–H groups in total. The SMILES string of the molecule is O=C(CCn1c(=O)sc2cc(S(=O)(=O)N3CCCCCC3)ccc21)N1CCc2ccccc21. The van der Waals surface area contributed by atoms with Crippen LogP contribution in [0.15, 0.2) is 52.2 Å². The van der Waals surface area contributed by atoms with Crippen LogP contribution in [0.25, 0.3) is 10.2 Å². The van der Waals surface area contributed by atoms with Gasteiger partial charge in [0.05, 0.1) is 15.1 Å². The Morgan fingerprint density at radius 1 is 0.970 bits per heavy atom. The second kappa shape index (κ2) is 9.04. The number of hydrogen-bond donors (Lipinski definition) is 0. The van der Waals surface area contributed by atoms with E-state index in [1.807, 2.05) is 24.3 Å². The van der Waals surface area contributed by atoms with Crippen molar-refractivity contribution in [1.82, 2.24) is 8.87 Å². The van der Waals surface area contributed by atoms with Crippen molar-refractivity contribution in [2.45, 2.75) is 50.0 Å². The molecule has 1 aromatic heterocycles. The largest absolute Gasteiger partial charge is 0.312 e. The van der Waals surface area contributed by atoms with E-state index in [-0.39, 0.29) is 28.6 Å². The summed E-state index contributed by atoms with van der Waals surface area (Å²) < 4.78 is 30.0. The lowest BCUT2D eigenvalue weighted by atomic mass is 10.2. The number of carbonyl (C=O) groups excluding carboxylic acids is 1. The number of rotatable bonds is 5. The van der Waals surface area contributed by atoms with Crippen molar-refractivity contribution in [1.29, 1.82) is 0 Å². The summed E-state index contributed by atoms with van der Waals surface area (Å²) in [7, 11) is -3.58. The van der Waals surface area contributed by atoms with Crippen molar-refractivity contribution in [2.75, 3.05) is 24.5 Å². The number of carbonyl (C=O) groups is 1. The van der Waals surface area contributed by atoms with Crippen molar-refractivity contribution < 1.29 is 13.2 Å². The normalized spacial score (nSPS) is 17.3. The molecule has 0 aliphatic carbocycles. The molecule has 174 valence electrons. The van der Waals surface area contributed by atoms with Gasteiger partial charge in [-0.2, -0.15) is 4.31 Å². The third-order valence-corrected chi connectivity index (χ3v) is 9.42. The second-order valence-corrected chi connectivity index (χ2v) is 11.6. The molecule has 0 spiro atoms. The van der Waals surface area contributed by atoms with Gasteiger partial charge in [0.1, 0.15) is 0 Å². The zero-order valence-electron chi connectivity index (χ0n) is 18.4. The van der Waals surface area contributed by atoms with Gasteiger partial charge in [-0.25, -0.2) is 8.42 Å². The zero-order chi connectivity index (χ0) is 23.0. The molecule has 5 rings (SSSR count). The molecule has 3 heterocycles. The first kappa shape index (κ1) is 22.3. The third kappa shape index (κ3) is 4.25. The number of nitrogens with zero attached hydrogens (tertiary/aromatic N) is 3. The molecule has 1 fully saturated rings. The van der Waals surface area contributed by atoms with E-state index in [2.05, 4.69) is 0 Å². The zero-order valence-corrected chi connectivity index (χ0v) is 20.0. The Labute approximate surface area is 197 Å². The third-order valence-electron chi connectivity index (χ3n) is 6.58. The summed E-state index contributed by atoms with van der Waals surface area (Å²) in [6.45, 7) is 2.02. The van der Waals surface area contributed by atoms with E-state index in [1.165, 1.54) is 5.56 Å². The predicted molar refractivity (Wildman–Crippen MR) is 130 cm³/mol. The second-order valence-electron chi connectivity index (χ2n) is 8.64. The number of hydrogen-bond acceptors (Lipinski definition) is 5. The Kier molecular flexibility index (Phi) is 6.11. The van der Waals surface area contributed by atoms with E-state index in [4.69, 9.17) is 0 Å². The highest BCUT2D eigenvalue weighted by atomic mass is 32.2. The average molecular weight is 486 g/mol. The van der Waals surface area contributed by atoms with Gasteiger partial charge >= 0.3 is 4.87 Å². The molecule has 0 saturated carbocycles. The molecule has 0 radical (unpaired) electrons. The average Bonchev–Trinajstić information content (AvgIpc) is 3.24. The highest BCUT2D eigenvalue weighted by Crippen LogP contribution is 2.29. The van der Waals surface area contributed by atoms with E-state index in [1.54, 1.807) is 32.0 Å². The lowest BCUT2D eigenvalue weighted by Gasteiger charge is -2.20. The summed E-state index contributed by atoms with van der Waals surface area (Å²) in [5.41, 5.74) is 2.80. The lowest BCUT2D eigenvalue weighted by Crippen LogP contribution is -2.31. The van der Waals surface area contributed by atoms with Crippen LogP contribution < -0.4 is 9.77 Å². The number of sulfonamides is 1. The highest BCUT2D eigenvalue weighted by Gasteiger charge is 2.27. The number of aromatic nitrogens is 1. The van der Waals surface area contributed by atoms with E-state index >= 15 is 0 Å². The van der Waals surface area contributed by atoms with Crippen LogP contribution in [0.5, 0.6) is 0 Å². The minimum absolute atomic E-state index is 0.00781. The molecule has 1 saturated heterocycles. The topological polar surface area (TPSA) is 79.7 Å². The molecule has 2 aliphatic heterocycles. The van der Waals surface area contributed by atoms with Crippen LogP contribution in [-0.4, -0.2) is 42.8 Å². The summed E-state index contributed by atoms with van der Waals surface area (Å²) >= 11 is 1.03. The first-order chi connectivity index (χ1) is 15.9. The van der Waals surface area contributed by atoms with E-state index in [0.29, 0.717) is 29.9 Å². The number of aryl methyl sites for hydroxylation is 1. The maximum atomic E-state index is 13.1. The van der Waals surface area contributed by atoms with Crippen LogP contribution in [-0.2, 0) is 27.8 Å². The molecule has 2 aliphatic rings. The molecule has 0 bridgehead atoms. The summed E-state index contributed by atoms with van der Waals surface area (Å²) in [5, 5.41) is 0. The minimum Gasteiger partial charge on any atom is -0.312 e. The molecule has 0 unspecified atom stereocenters. The number of benzene rings is 2. The number of amides is 1. The fourth-order valence-corrected chi connectivity index (χ4v) is 7.36. The van der Waals surface area contributed by atoms with E-state index in [0.717, 1.165) is 49.1 Å². The molecule has 33 heavy (non-hydrogen) atoms. The van der Waals surface area contributed by atoms with Gasteiger partial charge in [-0.1, -0.05) is 42.4 Å². The molecular formula is C24H27N3O4S2. The van der Waals surface area contributed by atoms with Crippen molar-refractivity contribution in [3.8, 4) is 0 Å². The van der Waals surface area contributed by atoms with Crippen LogP contribution in [0, 0.1) is 0 Å². The Balaban J connectivity index is 1.35. The summed E-state index contributed by atoms with van der Waals surface area (Å²) in [4.78, 5) is 27.4. The van der Waals surface area contributed by atoms with Gasteiger partial charge < -0.3 is 4.90 Å². The number of para-hydroxylation sites is 1. The highest BCUT2D eigenvalue weighted by molar-refractivity contribution is 7.89. The monoisotopic (exact) mass is 485 g/mol. The molecule has 3 aromatic rings. The van der Waals surface area contributed by atoms with Gasteiger partial charge in [-0.05, 0) is 49.1 Å². The van der Waals surface area contributed by atoms with Crippen LogP contribution in [0.4, 0.5) is 5.69 Å². The predicted octanol–water partition coefficient (Wildman–Crippen LogP) is 3.61. The Bertz CT molecular complexity index is 1350. The molecule has 1 amide bonds. The molecule has 9 heteroatoms. The number of fused-ring (bicyclic) bond motifs is 2. The summed E-state index contributed by atoms with van der Waals surface area (Å²) in [6, 6.07) is 12.8. The van der Waals surface area contributed by atoms with Crippen molar-refractivity contribution in [3.05, 3.63) is 57.7 Å². The van der Waals surface area contributed by atoms with Crippen LogP contribution in [0.2, 0.25) is 0 Å². The number of thiazole rings is 1. The van der Waals surface area contributed by atoms with E-state index in [9.17, 15) is 18.0 Å². The maximum Gasteiger partial charge on any atom is 0.308 e.